The van der Waals surface area contributed by atoms with E-state index >= 15 is 0 Å². The summed E-state index contributed by atoms with van der Waals surface area (Å²) in [7, 11) is 0. The molecule has 0 saturated carbocycles. The zero-order valence-electron chi connectivity index (χ0n) is 5.77. The minimum Gasteiger partial charge on any atom is -0.394 e. The molecule has 1 aliphatic heterocycles. The number of rotatable bonds is 1. The Morgan fingerprint density at radius 2 is 1.90 bits per heavy atom. The van der Waals surface area contributed by atoms with Gasteiger partial charge in [-0.3, -0.25) is 0 Å². The number of ether oxygens (including phenoxy) is 1. The molecule has 1 aliphatic rings. The Balaban J connectivity index is 2.53. The van der Waals surface area contributed by atoms with Gasteiger partial charge in [0.1, 0.15) is 18.3 Å². The standard InChI is InChI=1S/C6H12O4/c1-3-5(8)6(9)4(2-7)10-3/h3-9H,2H2,1H3/t3-,4+,5?,6?/m1/s1. The lowest BCUT2D eigenvalue weighted by Gasteiger charge is -2.10. The molecule has 1 heterocycles. The van der Waals surface area contributed by atoms with Crippen LogP contribution in [0.1, 0.15) is 6.92 Å². The normalized spacial score (nSPS) is 48.0. The molecule has 0 amide bonds. The van der Waals surface area contributed by atoms with Crippen molar-refractivity contribution in [1.82, 2.24) is 0 Å². The molecule has 0 bridgehead atoms. The average molecular weight is 148 g/mol. The van der Waals surface area contributed by atoms with Gasteiger partial charge in [-0.05, 0) is 6.92 Å². The maximum absolute atomic E-state index is 9.09. The van der Waals surface area contributed by atoms with Gasteiger partial charge in [0.2, 0.25) is 0 Å². The molecule has 0 aromatic rings. The lowest BCUT2D eigenvalue weighted by molar-refractivity contribution is -0.0171. The van der Waals surface area contributed by atoms with Crippen LogP contribution in [-0.2, 0) is 4.74 Å². The van der Waals surface area contributed by atoms with Gasteiger partial charge in [-0.1, -0.05) is 0 Å². The predicted octanol–water partition coefficient (Wildman–Crippen LogP) is -1.51. The quantitative estimate of drug-likeness (QED) is 0.422. The SMILES string of the molecule is C[C@H]1O[C@@H](CO)C(O)C1O. The summed E-state index contributed by atoms with van der Waals surface area (Å²) in [6.07, 6.45) is -2.81. The highest BCUT2D eigenvalue weighted by molar-refractivity contribution is 4.87. The lowest BCUT2D eigenvalue weighted by atomic mass is 10.1. The maximum atomic E-state index is 9.09. The van der Waals surface area contributed by atoms with Crippen molar-refractivity contribution in [2.45, 2.75) is 31.3 Å². The molecular weight excluding hydrogens is 136 g/mol. The number of hydrogen-bond acceptors (Lipinski definition) is 4. The molecule has 1 fully saturated rings. The van der Waals surface area contributed by atoms with Crippen LogP contribution in [0, 0.1) is 0 Å². The fourth-order valence-corrected chi connectivity index (χ4v) is 1.09. The maximum Gasteiger partial charge on any atom is 0.111 e. The van der Waals surface area contributed by atoms with E-state index in [1.165, 1.54) is 0 Å². The van der Waals surface area contributed by atoms with Gasteiger partial charge >= 0.3 is 0 Å². The largest absolute Gasteiger partial charge is 0.394 e. The van der Waals surface area contributed by atoms with Crippen LogP contribution in [0.5, 0.6) is 0 Å². The lowest BCUT2D eigenvalue weighted by Crippen LogP contribution is -2.33. The van der Waals surface area contributed by atoms with Crippen LogP contribution < -0.4 is 0 Å². The Bertz CT molecular complexity index is 116. The summed E-state index contributed by atoms with van der Waals surface area (Å²) in [6, 6.07) is 0. The van der Waals surface area contributed by atoms with Crippen LogP contribution in [0.15, 0.2) is 0 Å². The molecule has 0 aromatic carbocycles. The van der Waals surface area contributed by atoms with E-state index in [2.05, 4.69) is 0 Å². The fraction of sp³-hybridized carbons (Fsp3) is 1.00. The van der Waals surface area contributed by atoms with E-state index in [1.807, 2.05) is 0 Å². The van der Waals surface area contributed by atoms with Crippen LogP contribution in [0.25, 0.3) is 0 Å². The monoisotopic (exact) mass is 148 g/mol. The van der Waals surface area contributed by atoms with Crippen molar-refractivity contribution in [2.75, 3.05) is 6.61 Å². The Kier molecular flexibility index (Phi) is 2.25. The van der Waals surface area contributed by atoms with Crippen molar-refractivity contribution in [1.29, 1.82) is 0 Å². The van der Waals surface area contributed by atoms with Crippen LogP contribution >= 0.6 is 0 Å². The first kappa shape index (κ1) is 7.94. The van der Waals surface area contributed by atoms with E-state index in [9.17, 15) is 0 Å². The predicted molar refractivity (Wildman–Crippen MR) is 33.4 cm³/mol. The average Bonchev–Trinajstić information content (AvgIpc) is 2.17. The molecule has 2 unspecified atom stereocenters. The zero-order valence-corrected chi connectivity index (χ0v) is 5.77. The van der Waals surface area contributed by atoms with E-state index < -0.39 is 18.3 Å². The third kappa shape index (κ3) is 1.15. The molecule has 0 aliphatic carbocycles. The smallest absolute Gasteiger partial charge is 0.111 e. The second-order valence-corrected chi connectivity index (χ2v) is 2.54. The van der Waals surface area contributed by atoms with Gasteiger partial charge < -0.3 is 20.1 Å². The van der Waals surface area contributed by atoms with Crippen molar-refractivity contribution in [3.8, 4) is 0 Å². The van der Waals surface area contributed by atoms with E-state index in [1.54, 1.807) is 6.92 Å². The van der Waals surface area contributed by atoms with Crippen molar-refractivity contribution in [3.05, 3.63) is 0 Å². The van der Waals surface area contributed by atoms with Gasteiger partial charge in [0.25, 0.3) is 0 Å². The van der Waals surface area contributed by atoms with Crippen molar-refractivity contribution >= 4 is 0 Å². The highest BCUT2D eigenvalue weighted by atomic mass is 16.5. The first-order valence-corrected chi connectivity index (χ1v) is 3.29. The second-order valence-electron chi connectivity index (χ2n) is 2.54. The van der Waals surface area contributed by atoms with Crippen molar-refractivity contribution in [2.24, 2.45) is 0 Å². The molecule has 4 atom stereocenters. The molecule has 0 spiro atoms. The van der Waals surface area contributed by atoms with E-state index in [0.29, 0.717) is 0 Å². The molecule has 4 heteroatoms. The molecule has 60 valence electrons. The summed E-state index contributed by atoms with van der Waals surface area (Å²) in [5, 5.41) is 26.8. The second kappa shape index (κ2) is 2.84. The summed E-state index contributed by atoms with van der Waals surface area (Å²) in [5.74, 6) is 0. The third-order valence-electron chi connectivity index (χ3n) is 1.78. The number of aliphatic hydroxyl groups is 3. The van der Waals surface area contributed by atoms with Gasteiger partial charge in [0.05, 0.1) is 12.7 Å². The molecule has 0 radical (unpaired) electrons. The fourth-order valence-electron chi connectivity index (χ4n) is 1.09. The molecule has 0 aromatic heterocycles. The van der Waals surface area contributed by atoms with Crippen molar-refractivity contribution in [3.63, 3.8) is 0 Å². The summed E-state index contributed by atoms with van der Waals surface area (Å²) in [5.41, 5.74) is 0. The minimum atomic E-state index is -0.944. The van der Waals surface area contributed by atoms with E-state index in [-0.39, 0.29) is 12.7 Å². The van der Waals surface area contributed by atoms with Gasteiger partial charge in [0, 0.05) is 0 Å². The van der Waals surface area contributed by atoms with Gasteiger partial charge in [-0.2, -0.15) is 0 Å². The number of hydrogen-bond donors (Lipinski definition) is 3. The summed E-state index contributed by atoms with van der Waals surface area (Å²) >= 11 is 0. The van der Waals surface area contributed by atoms with Crippen molar-refractivity contribution < 1.29 is 20.1 Å². The molecule has 4 nitrogen and oxygen atoms in total. The minimum absolute atomic E-state index is 0.247. The van der Waals surface area contributed by atoms with Crippen LogP contribution in [0.4, 0.5) is 0 Å². The molecule has 3 N–H and O–H groups in total. The first-order valence-electron chi connectivity index (χ1n) is 3.29. The molecular formula is C6H12O4. The Labute approximate surface area is 59.1 Å². The van der Waals surface area contributed by atoms with E-state index in [4.69, 9.17) is 20.1 Å². The molecule has 10 heavy (non-hydrogen) atoms. The molecule has 1 rings (SSSR count). The van der Waals surface area contributed by atoms with Crippen LogP contribution in [-0.4, -0.2) is 46.3 Å². The topological polar surface area (TPSA) is 69.9 Å². The van der Waals surface area contributed by atoms with Gasteiger partial charge in [-0.25, -0.2) is 0 Å². The Morgan fingerprint density at radius 3 is 2.10 bits per heavy atom. The van der Waals surface area contributed by atoms with E-state index in [0.717, 1.165) is 0 Å². The van der Waals surface area contributed by atoms with Crippen LogP contribution in [0.2, 0.25) is 0 Å². The third-order valence-corrected chi connectivity index (χ3v) is 1.78. The Morgan fingerprint density at radius 1 is 1.30 bits per heavy atom. The first-order chi connectivity index (χ1) is 4.66. The van der Waals surface area contributed by atoms with Gasteiger partial charge in [0.15, 0.2) is 0 Å². The summed E-state index contributed by atoms with van der Waals surface area (Å²) < 4.78 is 4.98. The highest BCUT2D eigenvalue weighted by Gasteiger charge is 2.39. The van der Waals surface area contributed by atoms with Gasteiger partial charge in [-0.15, -0.1) is 0 Å². The summed E-state index contributed by atoms with van der Waals surface area (Å²) in [6.45, 7) is 1.41. The highest BCUT2D eigenvalue weighted by Crippen LogP contribution is 2.19. The molecule has 1 saturated heterocycles. The number of aliphatic hydroxyl groups excluding tert-OH is 3. The Hall–Kier alpha value is -0.160. The zero-order chi connectivity index (χ0) is 7.72. The summed E-state index contributed by atoms with van der Waals surface area (Å²) in [4.78, 5) is 0. The van der Waals surface area contributed by atoms with Crippen LogP contribution in [0.3, 0.4) is 0 Å².